The van der Waals surface area contributed by atoms with Crippen molar-refractivity contribution in [2.45, 2.75) is 0 Å². The summed E-state index contributed by atoms with van der Waals surface area (Å²) in [6, 6.07) is 0. The first-order valence-corrected chi connectivity index (χ1v) is 1.32. The molecule has 0 bridgehead atoms. The van der Waals surface area contributed by atoms with E-state index in [2.05, 4.69) is 9.40 Å². The molecular formula is C3H3NORu. The number of aromatic nitrogens is 1. The molecule has 0 radical (unpaired) electrons. The van der Waals surface area contributed by atoms with Crippen LogP contribution in [0, 0.1) is 0 Å². The van der Waals surface area contributed by atoms with Gasteiger partial charge in [-0.25, -0.2) is 4.98 Å². The molecule has 1 aromatic heterocycles. The maximum atomic E-state index is 4.47. The van der Waals surface area contributed by atoms with E-state index >= 15 is 0 Å². The summed E-state index contributed by atoms with van der Waals surface area (Å²) >= 11 is 0. The van der Waals surface area contributed by atoms with Gasteiger partial charge in [-0.3, -0.25) is 0 Å². The molecule has 0 aliphatic heterocycles. The Morgan fingerprint density at radius 2 is 2.33 bits per heavy atom. The molecule has 0 saturated carbocycles. The Hall–Kier alpha value is -0.167. The van der Waals surface area contributed by atoms with Gasteiger partial charge in [-0.1, -0.05) is 0 Å². The summed E-state index contributed by atoms with van der Waals surface area (Å²) in [5, 5.41) is 0. The van der Waals surface area contributed by atoms with Crippen LogP contribution in [-0.4, -0.2) is 4.98 Å². The minimum atomic E-state index is 0. The van der Waals surface area contributed by atoms with Crippen molar-refractivity contribution in [2.24, 2.45) is 0 Å². The number of nitrogens with zero attached hydrogens (tertiary/aromatic N) is 1. The van der Waals surface area contributed by atoms with Crippen LogP contribution in [0.1, 0.15) is 0 Å². The minimum Gasteiger partial charge on any atom is -0.452 e. The fourth-order valence-corrected chi connectivity index (χ4v) is 0.176. The van der Waals surface area contributed by atoms with Gasteiger partial charge in [-0.2, -0.15) is 0 Å². The third-order valence-electron chi connectivity index (χ3n) is 0.347. The molecule has 0 saturated heterocycles. The van der Waals surface area contributed by atoms with E-state index < -0.39 is 0 Å². The van der Waals surface area contributed by atoms with Gasteiger partial charge in [0.05, 0.1) is 6.20 Å². The van der Waals surface area contributed by atoms with Crippen LogP contribution in [0.5, 0.6) is 0 Å². The van der Waals surface area contributed by atoms with Crippen molar-refractivity contribution in [3.63, 3.8) is 0 Å². The van der Waals surface area contributed by atoms with Gasteiger partial charge < -0.3 is 4.42 Å². The normalized spacial score (nSPS) is 6.67. The largest absolute Gasteiger partial charge is 0.452 e. The van der Waals surface area contributed by atoms with Crippen molar-refractivity contribution in [1.82, 2.24) is 4.98 Å². The zero-order valence-corrected chi connectivity index (χ0v) is 4.68. The van der Waals surface area contributed by atoms with E-state index in [1.165, 1.54) is 12.7 Å². The first kappa shape index (κ1) is 5.83. The maximum absolute atomic E-state index is 4.47. The van der Waals surface area contributed by atoms with E-state index in [9.17, 15) is 0 Å². The number of rotatable bonds is 0. The van der Waals surface area contributed by atoms with Gasteiger partial charge in [-0.15, -0.1) is 0 Å². The average Bonchev–Trinajstić information content (AvgIpc) is 1.76. The zero-order chi connectivity index (χ0) is 3.54. The monoisotopic (exact) mass is 171 g/mol. The number of hydrogen-bond donors (Lipinski definition) is 0. The Kier molecular flexibility index (Phi) is 2.96. The predicted molar refractivity (Wildman–Crippen MR) is 16.5 cm³/mol. The second-order valence-electron chi connectivity index (χ2n) is 0.676. The van der Waals surface area contributed by atoms with Crippen LogP contribution in [0.15, 0.2) is 23.3 Å². The van der Waals surface area contributed by atoms with Crippen LogP contribution in [0.25, 0.3) is 0 Å². The van der Waals surface area contributed by atoms with E-state index in [-0.39, 0.29) is 19.5 Å². The second-order valence-corrected chi connectivity index (χ2v) is 0.676. The van der Waals surface area contributed by atoms with E-state index in [1.807, 2.05) is 0 Å². The molecule has 1 rings (SSSR count). The molecular weight excluding hydrogens is 167 g/mol. The SMILES string of the molecule is [Ru].c1cocn1. The Balaban J connectivity index is 0.000000250. The van der Waals surface area contributed by atoms with E-state index in [4.69, 9.17) is 0 Å². The number of hydrogen-bond acceptors (Lipinski definition) is 2. The average molecular weight is 170 g/mol. The summed E-state index contributed by atoms with van der Waals surface area (Å²) in [6.45, 7) is 0. The summed E-state index contributed by atoms with van der Waals surface area (Å²) in [6.07, 6.45) is 4.47. The van der Waals surface area contributed by atoms with Crippen molar-refractivity contribution in [2.75, 3.05) is 0 Å². The van der Waals surface area contributed by atoms with E-state index in [0.717, 1.165) is 0 Å². The summed E-state index contributed by atoms with van der Waals surface area (Å²) in [5.41, 5.74) is 0. The smallest absolute Gasteiger partial charge is 0.180 e. The van der Waals surface area contributed by atoms with Gasteiger partial charge in [0.25, 0.3) is 0 Å². The molecule has 1 heterocycles. The van der Waals surface area contributed by atoms with Gasteiger partial charge in [0.2, 0.25) is 0 Å². The molecule has 0 aliphatic carbocycles. The molecule has 3 heteroatoms. The first-order valence-electron chi connectivity index (χ1n) is 1.32. The molecule has 34 valence electrons. The van der Waals surface area contributed by atoms with Gasteiger partial charge in [0, 0.05) is 19.5 Å². The van der Waals surface area contributed by atoms with Gasteiger partial charge in [-0.05, 0) is 0 Å². The van der Waals surface area contributed by atoms with Crippen LogP contribution >= 0.6 is 0 Å². The fraction of sp³-hybridized carbons (Fsp3) is 0. The molecule has 0 amide bonds. The van der Waals surface area contributed by atoms with Crippen molar-refractivity contribution in [1.29, 1.82) is 0 Å². The molecule has 0 fully saturated rings. The maximum Gasteiger partial charge on any atom is 0.180 e. The minimum absolute atomic E-state index is 0. The summed E-state index contributed by atoms with van der Waals surface area (Å²) in [5.74, 6) is 0. The van der Waals surface area contributed by atoms with Crippen molar-refractivity contribution < 1.29 is 23.9 Å². The molecule has 0 spiro atoms. The quantitative estimate of drug-likeness (QED) is 0.535. The molecule has 6 heavy (non-hydrogen) atoms. The molecule has 0 aliphatic rings. The second kappa shape index (κ2) is 3.04. The molecule has 0 N–H and O–H groups in total. The zero-order valence-electron chi connectivity index (χ0n) is 2.94. The van der Waals surface area contributed by atoms with Gasteiger partial charge in [0.15, 0.2) is 6.39 Å². The summed E-state index contributed by atoms with van der Waals surface area (Å²) in [4.78, 5) is 3.56. The Bertz CT molecular complexity index is 67.3. The summed E-state index contributed by atoms with van der Waals surface area (Å²) in [7, 11) is 0. The predicted octanol–water partition coefficient (Wildman–Crippen LogP) is 0.672. The van der Waals surface area contributed by atoms with Crippen LogP contribution in [0.2, 0.25) is 0 Å². The van der Waals surface area contributed by atoms with E-state index in [1.54, 1.807) is 6.20 Å². The van der Waals surface area contributed by atoms with Crippen LogP contribution in [0.4, 0.5) is 0 Å². The molecule has 2 nitrogen and oxygen atoms in total. The van der Waals surface area contributed by atoms with Crippen LogP contribution < -0.4 is 0 Å². The van der Waals surface area contributed by atoms with Crippen LogP contribution in [-0.2, 0) is 19.5 Å². The molecule has 0 unspecified atom stereocenters. The Labute approximate surface area is 48.3 Å². The standard InChI is InChI=1S/C3H3NO.Ru/c1-2-5-3-4-1;/h1-3H;. The van der Waals surface area contributed by atoms with Crippen molar-refractivity contribution in [3.05, 3.63) is 18.9 Å². The topological polar surface area (TPSA) is 26.0 Å². The molecule has 0 aromatic carbocycles. The molecule has 0 atom stereocenters. The third-order valence-corrected chi connectivity index (χ3v) is 0.347. The van der Waals surface area contributed by atoms with Crippen LogP contribution in [0.3, 0.4) is 0 Å². The third kappa shape index (κ3) is 1.32. The fourth-order valence-electron chi connectivity index (χ4n) is 0.176. The number of oxazole rings is 1. The Morgan fingerprint density at radius 1 is 1.50 bits per heavy atom. The van der Waals surface area contributed by atoms with E-state index in [0.29, 0.717) is 0 Å². The van der Waals surface area contributed by atoms with Gasteiger partial charge >= 0.3 is 0 Å². The first-order chi connectivity index (χ1) is 2.50. The van der Waals surface area contributed by atoms with Crippen molar-refractivity contribution in [3.8, 4) is 0 Å². The Morgan fingerprint density at radius 3 is 2.50 bits per heavy atom. The van der Waals surface area contributed by atoms with Gasteiger partial charge in [0.1, 0.15) is 6.26 Å². The summed E-state index contributed by atoms with van der Waals surface area (Å²) < 4.78 is 4.47. The van der Waals surface area contributed by atoms with Crippen molar-refractivity contribution >= 4 is 0 Å². The molecule has 1 aromatic rings.